The molecule has 0 aliphatic carbocycles. The van der Waals surface area contributed by atoms with Gasteiger partial charge in [-0.15, -0.1) is 0 Å². The molecule has 8 heteroatoms. The van der Waals surface area contributed by atoms with Gasteiger partial charge in [0.25, 0.3) is 0 Å². The number of fused-ring (bicyclic) bond motifs is 1. The summed E-state index contributed by atoms with van der Waals surface area (Å²) in [6.45, 7) is 3.07. The van der Waals surface area contributed by atoms with E-state index >= 15 is 0 Å². The van der Waals surface area contributed by atoms with Gasteiger partial charge in [0.2, 0.25) is 5.91 Å². The number of nitrogens with zero attached hydrogens (tertiary/aromatic N) is 2. The average molecular weight is 459 g/mol. The molecule has 1 aliphatic rings. The van der Waals surface area contributed by atoms with Crippen LogP contribution < -0.4 is 4.90 Å². The predicted octanol–water partition coefficient (Wildman–Crippen LogP) is 4.37. The third-order valence-corrected chi connectivity index (χ3v) is 8.28. The molecule has 1 aromatic heterocycles. The molecule has 164 valence electrons. The highest BCUT2D eigenvalue weighted by Gasteiger charge is 2.26. The Bertz CT molecular complexity index is 1120. The number of sulfone groups is 1. The van der Waals surface area contributed by atoms with Crippen molar-refractivity contribution >= 4 is 42.4 Å². The van der Waals surface area contributed by atoms with E-state index in [2.05, 4.69) is 4.98 Å². The number of carbonyl (C=O) groups excluding carboxylic acids is 1. The van der Waals surface area contributed by atoms with Gasteiger partial charge in [-0.05, 0) is 50.5 Å². The summed E-state index contributed by atoms with van der Waals surface area (Å²) in [5, 5.41) is 0.642. The number of ether oxygens (including phenoxy) is 1. The van der Waals surface area contributed by atoms with Crippen LogP contribution in [0.1, 0.15) is 31.2 Å². The van der Waals surface area contributed by atoms with Gasteiger partial charge in [-0.3, -0.25) is 9.69 Å². The van der Waals surface area contributed by atoms with E-state index in [1.807, 2.05) is 31.2 Å². The van der Waals surface area contributed by atoms with Crippen LogP contribution in [-0.2, 0) is 19.4 Å². The number of thiazole rings is 1. The lowest BCUT2D eigenvalue weighted by Gasteiger charge is -2.23. The lowest BCUT2D eigenvalue weighted by molar-refractivity contribution is -0.119. The van der Waals surface area contributed by atoms with Gasteiger partial charge in [-0.25, -0.2) is 13.4 Å². The second-order valence-electron chi connectivity index (χ2n) is 7.84. The highest BCUT2D eigenvalue weighted by molar-refractivity contribution is 7.91. The van der Waals surface area contributed by atoms with Gasteiger partial charge >= 0.3 is 0 Å². The second kappa shape index (κ2) is 9.46. The number of benzene rings is 2. The number of anilines is 1. The van der Waals surface area contributed by atoms with Gasteiger partial charge in [-0.2, -0.15) is 0 Å². The second-order valence-corrected chi connectivity index (χ2v) is 11.0. The van der Waals surface area contributed by atoms with E-state index < -0.39 is 9.84 Å². The number of aromatic nitrogens is 1. The Morgan fingerprint density at radius 3 is 2.68 bits per heavy atom. The van der Waals surface area contributed by atoms with Gasteiger partial charge in [0.1, 0.15) is 0 Å². The molecular weight excluding hydrogens is 432 g/mol. The van der Waals surface area contributed by atoms with Crippen LogP contribution in [-0.4, -0.2) is 44.3 Å². The number of aryl methyl sites for hydroxylation is 1. The van der Waals surface area contributed by atoms with Crippen molar-refractivity contribution in [3.63, 3.8) is 0 Å². The topological polar surface area (TPSA) is 76.6 Å². The minimum Gasteiger partial charge on any atom is -0.376 e. The Labute approximate surface area is 186 Å². The molecule has 1 saturated heterocycles. The summed E-state index contributed by atoms with van der Waals surface area (Å²) in [6.07, 6.45) is 2.31. The first-order valence-corrected chi connectivity index (χ1v) is 13.0. The molecule has 6 nitrogen and oxygen atoms in total. The number of carbonyl (C=O) groups is 1. The molecular formula is C23H26N2O4S2. The first-order valence-electron chi connectivity index (χ1n) is 10.5. The SMILES string of the molecule is Cc1ccc(S(=O)(=O)CCCC(=O)N(CC2CCCO2)c2nc3ccccc3s2)cc1. The van der Waals surface area contributed by atoms with Gasteiger partial charge in [0.15, 0.2) is 15.0 Å². The van der Waals surface area contributed by atoms with Crippen molar-refractivity contribution in [2.24, 2.45) is 0 Å². The number of hydrogen-bond donors (Lipinski definition) is 0. The van der Waals surface area contributed by atoms with Crippen LogP contribution in [0.5, 0.6) is 0 Å². The van der Waals surface area contributed by atoms with Crippen molar-refractivity contribution in [3.05, 3.63) is 54.1 Å². The zero-order valence-corrected chi connectivity index (χ0v) is 19.1. The molecule has 31 heavy (non-hydrogen) atoms. The van der Waals surface area contributed by atoms with E-state index in [1.54, 1.807) is 29.2 Å². The normalized spacial score (nSPS) is 16.6. The van der Waals surface area contributed by atoms with Crippen LogP contribution in [0.25, 0.3) is 10.2 Å². The van der Waals surface area contributed by atoms with E-state index in [0.29, 0.717) is 23.2 Å². The molecule has 1 atom stereocenters. The molecule has 2 aromatic carbocycles. The van der Waals surface area contributed by atoms with Crippen LogP contribution in [0, 0.1) is 6.92 Å². The molecule has 0 radical (unpaired) electrons. The van der Waals surface area contributed by atoms with E-state index in [-0.39, 0.29) is 30.6 Å². The van der Waals surface area contributed by atoms with Crippen molar-refractivity contribution in [3.8, 4) is 0 Å². The van der Waals surface area contributed by atoms with Crippen LogP contribution in [0.3, 0.4) is 0 Å². The molecule has 3 aromatic rings. The van der Waals surface area contributed by atoms with Crippen molar-refractivity contribution in [1.82, 2.24) is 4.98 Å². The largest absolute Gasteiger partial charge is 0.376 e. The maximum Gasteiger partial charge on any atom is 0.228 e. The molecule has 0 saturated carbocycles. The van der Waals surface area contributed by atoms with Crippen molar-refractivity contribution in [2.75, 3.05) is 23.8 Å². The molecule has 2 heterocycles. The Morgan fingerprint density at radius 2 is 1.97 bits per heavy atom. The summed E-state index contributed by atoms with van der Waals surface area (Å²) in [5.74, 6) is -0.177. The molecule has 1 fully saturated rings. The fraction of sp³-hybridized carbons (Fsp3) is 0.391. The molecule has 1 amide bonds. The lowest BCUT2D eigenvalue weighted by Crippen LogP contribution is -2.37. The first kappa shape index (κ1) is 21.9. The number of hydrogen-bond acceptors (Lipinski definition) is 6. The summed E-state index contributed by atoms with van der Waals surface area (Å²) in [6, 6.07) is 14.6. The summed E-state index contributed by atoms with van der Waals surface area (Å²) in [7, 11) is -3.41. The average Bonchev–Trinajstić information content (AvgIpc) is 3.41. The van der Waals surface area contributed by atoms with E-state index in [4.69, 9.17) is 4.74 Å². The number of rotatable bonds is 8. The zero-order chi connectivity index (χ0) is 21.8. The third kappa shape index (κ3) is 5.31. The third-order valence-electron chi connectivity index (χ3n) is 5.41. The van der Waals surface area contributed by atoms with Crippen LogP contribution >= 0.6 is 11.3 Å². The highest BCUT2D eigenvalue weighted by Crippen LogP contribution is 2.30. The van der Waals surface area contributed by atoms with E-state index in [9.17, 15) is 13.2 Å². The Morgan fingerprint density at radius 1 is 1.19 bits per heavy atom. The van der Waals surface area contributed by atoms with Crippen molar-refractivity contribution in [2.45, 2.75) is 43.6 Å². The zero-order valence-electron chi connectivity index (χ0n) is 17.5. The van der Waals surface area contributed by atoms with E-state index in [0.717, 1.165) is 28.6 Å². The van der Waals surface area contributed by atoms with Gasteiger partial charge in [0.05, 0.1) is 33.5 Å². The van der Waals surface area contributed by atoms with Gasteiger partial charge in [0, 0.05) is 13.0 Å². The van der Waals surface area contributed by atoms with Crippen LogP contribution in [0.15, 0.2) is 53.4 Å². The Balaban J connectivity index is 1.45. The quantitative estimate of drug-likeness (QED) is 0.501. The van der Waals surface area contributed by atoms with E-state index in [1.165, 1.54) is 11.3 Å². The maximum atomic E-state index is 13.1. The molecule has 1 unspecified atom stereocenters. The van der Waals surface area contributed by atoms with Crippen LogP contribution in [0.4, 0.5) is 5.13 Å². The fourth-order valence-corrected chi connectivity index (χ4v) is 5.97. The smallest absolute Gasteiger partial charge is 0.228 e. The molecule has 4 rings (SSSR count). The summed E-state index contributed by atoms with van der Waals surface area (Å²) < 4.78 is 32.0. The maximum absolute atomic E-state index is 13.1. The molecule has 0 N–H and O–H groups in total. The minimum absolute atomic E-state index is 0.00717. The Hall–Kier alpha value is -2.29. The Kier molecular flexibility index (Phi) is 6.69. The lowest BCUT2D eigenvalue weighted by atomic mass is 10.2. The summed E-state index contributed by atoms with van der Waals surface area (Å²) >= 11 is 1.47. The van der Waals surface area contributed by atoms with Gasteiger partial charge < -0.3 is 4.74 Å². The number of para-hydroxylation sites is 1. The standard InChI is InChI=1S/C23H26N2O4S2/c1-17-10-12-19(13-11-17)31(27,28)15-5-9-22(26)25(16-18-6-4-14-29-18)23-24-20-7-2-3-8-21(20)30-23/h2-3,7-8,10-13,18H,4-6,9,14-16H2,1H3. The highest BCUT2D eigenvalue weighted by atomic mass is 32.2. The monoisotopic (exact) mass is 458 g/mol. The van der Waals surface area contributed by atoms with Gasteiger partial charge in [-0.1, -0.05) is 41.2 Å². The van der Waals surface area contributed by atoms with Crippen LogP contribution in [0.2, 0.25) is 0 Å². The predicted molar refractivity (Wildman–Crippen MR) is 123 cm³/mol. The molecule has 0 spiro atoms. The van der Waals surface area contributed by atoms with Crippen molar-refractivity contribution < 1.29 is 17.9 Å². The van der Waals surface area contributed by atoms with Crippen molar-refractivity contribution in [1.29, 1.82) is 0 Å². The molecule has 0 bridgehead atoms. The minimum atomic E-state index is -3.41. The number of amides is 1. The summed E-state index contributed by atoms with van der Waals surface area (Å²) in [4.78, 5) is 19.7. The summed E-state index contributed by atoms with van der Waals surface area (Å²) in [5.41, 5.74) is 1.87. The first-order chi connectivity index (χ1) is 14.9. The molecule has 1 aliphatic heterocycles. The fourth-order valence-electron chi connectivity index (χ4n) is 3.67.